The van der Waals surface area contributed by atoms with Crippen LogP contribution in [0.25, 0.3) is 0 Å². The summed E-state index contributed by atoms with van der Waals surface area (Å²) in [5.74, 6) is 0.186. The fourth-order valence-corrected chi connectivity index (χ4v) is 1.15. The summed E-state index contributed by atoms with van der Waals surface area (Å²) < 4.78 is 0. The fraction of sp³-hybridized carbons (Fsp3) is 0.900. The normalized spacial score (nSPS) is 15.3. The highest BCUT2D eigenvalue weighted by molar-refractivity contribution is 5.78. The minimum Gasteiger partial charge on any atom is -0.394 e. The van der Waals surface area contributed by atoms with Crippen molar-refractivity contribution < 1.29 is 9.90 Å². The van der Waals surface area contributed by atoms with Crippen LogP contribution in [0.4, 0.5) is 0 Å². The van der Waals surface area contributed by atoms with Gasteiger partial charge < -0.3 is 15.7 Å². The molecular formula is C10H22N2O2. The Bertz CT molecular complexity index is 172. The Kier molecular flexibility index (Phi) is 6.49. The van der Waals surface area contributed by atoms with E-state index < -0.39 is 0 Å². The summed E-state index contributed by atoms with van der Waals surface area (Å²) in [7, 11) is 1.82. The molecule has 0 aromatic rings. The molecule has 3 N–H and O–H groups in total. The summed E-state index contributed by atoms with van der Waals surface area (Å²) in [5.41, 5.74) is 0. The fourth-order valence-electron chi connectivity index (χ4n) is 1.15. The first-order valence-corrected chi connectivity index (χ1v) is 5.08. The van der Waals surface area contributed by atoms with Gasteiger partial charge in [-0.15, -0.1) is 0 Å². The van der Waals surface area contributed by atoms with Gasteiger partial charge in [-0.25, -0.2) is 0 Å². The topological polar surface area (TPSA) is 61.4 Å². The van der Waals surface area contributed by atoms with E-state index in [1.807, 2.05) is 27.8 Å². The molecule has 4 heteroatoms. The van der Waals surface area contributed by atoms with E-state index >= 15 is 0 Å². The number of nitrogens with one attached hydrogen (secondary N) is 2. The zero-order valence-electron chi connectivity index (χ0n) is 9.50. The van der Waals surface area contributed by atoms with Crippen LogP contribution in [0.1, 0.15) is 20.8 Å². The highest BCUT2D eigenvalue weighted by Crippen LogP contribution is 2.02. The molecule has 14 heavy (non-hydrogen) atoms. The van der Waals surface area contributed by atoms with Crippen LogP contribution >= 0.6 is 0 Å². The lowest BCUT2D eigenvalue weighted by Crippen LogP contribution is -2.45. The maximum Gasteiger partial charge on any atom is 0.224 e. The number of aliphatic hydroxyl groups excluding tert-OH is 1. The summed E-state index contributed by atoms with van der Waals surface area (Å²) in [6.07, 6.45) is 0. The zero-order chi connectivity index (χ0) is 11.1. The number of rotatable bonds is 6. The van der Waals surface area contributed by atoms with Crippen molar-refractivity contribution in [1.29, 1.82) is 0 Å². The second-order valence-electron chi connectivity index (χ2n) is 4.00. The molecule has 0 bridgehead atoms. The van der Waals surface area contributed by atoms with Gasteiger partial charge in [0.15, 0.2) is 0 Å². The van der Waals surface area contributed by atoms with E-state index in [1.165, 1.54) is 0 Å². The summed E-state index contributed by atoms with van der Waals surface area (Å²) in [4.78, 5) is 11.5. The largest absolute Gasteiger partial charge is 0.394 e. The molecule has 0 saturated carbocycles. The molecule has 1 amide bonds. The van der Waals surface area contributed by atoms with E-state index in [1.54, 1.807) is 0 Å². The Hall–Kier alpha value is -0.610. The van der Waals surface area contributed by atoms with Crippen molar-refractivity contribution in [3.05, 3.63) is 0 Å². The number of aliphatic hydroxyl groups is 1. The van der Waals surface area contributed by atoms with Gasteiger partial charge in [-0.1, -0.05) is 20.8 Å². The zero-order valence-corrected chi connectivity index (χ0v) is 9.50. The molecule has 4 nitrogen and oxygen atoms in total. The first-order chi connectivity index (χ1) is 6.52. The average molecular weight is 202 g/mol. The van der Waals surface area contributed by atoms with E-state index in [0.29, 0.717) is 6.54 Å². The van der Waals surface area contributed by atoms with Crippen LogP contribution in [0.2, 0.25) is 0 Å². The summed E-state index contributed by atoms with van der Waals surface area (Å²) in [6, 6.07) is -0.137. The van der Waals surface area contributed by atoms with Crippen molar-refractivity contribution in [2.75, 3.05) is 20.2 Å². The van der Waals surface area contributed by atoms with Gasteiger partial charge in [-0.2, -0.15) is 0 Å². The van der Waals surface area contributed by atoms with Crippen LogP contribution < -0.4 is 10.6 Å². The molecule has 0 radical (unpaired) electrons. The van der Waals surface area contributed by atoms with Crippen LogP contribution in [-0.2, 0) is 4.79 Å². The van der Waals surface area contributed by atoms with Crippen LogP contribution in [0.5, 0.6) is 0 Å². The molecular weight excluding hydrogens is 180 g/mol. The maximum atomic E-state index is 11.5. The van der Waals surface area contributed by atoms with Crippen LogP contribution in [0.3, 0.4) is 0 Å². The molecule has 0 spiro atoms. The lowest BCUT2D eigenvalue weighted by atomic mass is 10.0. The second kappa shape index (κ2) is 6.79. The van der Waals surface area contributed by atoms with E-state index in [4.69, 9.17) is 5.11 Å². The summed E-state index contributed by atoms with van der Waals surface area (Å²) >= 11 is 0. The van der Waals surface area contributed by atoms with E-state index in [2.05, 4.69) is 10.6 Å². The van der Waals surface area contributed by atoms with Gasteiger partial charge in [-0.05, 0) is 13.0 Å². The molecule has 0 aliphatic carbocycles. The first-order valence-electron chi connectivity index (χ1n) is 5.08. The number of amides is 1. The Morgan fingerprint density at radius 2 is 1.93 bits per heavy atom. The molecule has 0 fully saturated rings. The predicted molar refractivity (Wildman–Crippen MR) is 56.9 cm³/mol. The van der Waals surface area contributed by atoms with Gasteiger partial charge in [0.2, 0.25) is 5.91 Å². The monoisotopic (exact) mass is 202 g/mol. The van der Waals surface area contributed by atoms with Crippen LogP contribution in [-0.4, -0.2) is 37.3 Å². The van der Waals surface area contributed by atoms with Gasteiger partial charge in [-0.3, -0.25) is 4.79 Å². The lowest BCUT2D eigenvalue weighted by Gasteiger charge is -2.22. The first kappa shape index (κ1) is 13.4. The Balaban J connectivity index is 4.01. The highest BCUT2D eigenvalue weighted by Gasteiger charge is 2.18. The van der Waals surface area contributed by atoms with Crippen molar-refractivity contribution in [3.8, 4) is 0 Å². The third kappa shape index (κ3) is 4.58. The van der Waals surface area contributed by atoms with Gasteiger partial charge in [0, 0.05) is 12.5 Å². The van der Waals surface area contributed by atoms with Crippen molar-refractivity contribution in [3.63, 3.8) is 0 Å². The molecule has 0 aliphatic heterocycles. The van der Waals surface area contributed by atoms with Crippen molar-refractivity contribution >= 4 is 5.91 Å². The molecule has 0 aromatic heterocycles. The van der Waals surface area contributed by atoms with Crippen molar-refractivity contribution in [2.45, 2.75) is 26.8 Å². The quantitative estimate of drug-likeness (QED) is 0.567. The standard InChI is InChI=1S/C10H22N2O2/c1-7(2)9(6-13)12-10(14)8(3)5-11-4/h7-9,11,13H,5-6H2,1-4H3,(H,12,14)/t8?,9-/m1/s1. The predicted octanol–water partition coefficient (Wildman–Crippen LogP) is -0.0250. The van der Waals surface area contributed by atoms with E-state index in [-0.39, 0.29) is 30.4 Å². The number of hydrogen-bond donors (Lipinski definition) is 3. The molecule has 0 rings (SSSR count). The third-order valence-electron chi connectivity index (χ3n) is 2.29. The Morgan fingerprint density at radius 1 is 1.36 bits per heavy atom. The van der Waals surface area contributed by atoms with Crippen LogP contribution in [0, 0.1) is 11.8 Å². The molecule has 2 atom stereocenters. The molecule has 0 heterocycles. The molecule has 84 valence electrons. The maximum absolute atomic E-state index is 11.5. The number of hydrogen-bond acceptors (Lipinski definition) is 3. The SMILES string of the molecule is CNCC(C)C(=O)N[C@H](CO)C(C)C. The lowest BCUT2D eigenvalue weighted by molar-refractivity contribution is -0.125. The Labute approximate surface area is 86.1 Å². The molecule has 0 saturated heterocycles. The van der Waals surface area contributed by atoms with Gasteiger partial charge in [0.1, 0.15) is 0 Å². The Morgan fingerprint density at radius 3 is 2.29 bits per heavy atom. The average Bonchev–Trinajstić information content (AvgIpc) is 2.13. The van der Waals surface area contributed by atoms with E-state index in [0.717, 1.165) is 0 Å². The molecule has 0 aromatic carbocycles. The third-order valence-corrected chi connectivity index (χ3v) is 2.29. The minimum atomic E-state index is -0.137. The molecule has 0 aliphatic rings. The number of carbonyl (C=O) groups excluding carboxylic acids is 1. The highest BCUT2D eigenvalue weighted by atomic mass is 16.3. The number of carbonyl (C=O) groups is 1. The molecule has 1 unspecified atom stereocenters. The summed E-state index contributed by atoms with van der Waals surface area (Å²) in [5, 5.41) is 14.8. The van der Waals surface area contributed by atoms with E-state index in [9.17, 15) is 4.79 Å². The smallest absolute Gasteiger partial charge is 0.224 e. The minimum absolute atomic E-state index is 0.00429. The van der Waals surface area contributed by atoms with Crippen molar-refractivity contribution in [1.82, 2.24) is 10.6 Å². The summed E-state index contributed by atoms with van der Waals surface area (Å²) in [6.45, 7) is 6.46. The van der Waals surface area contributed by atoms with Crippen molar-refractivity contribution in [2.24, 2.45) is 11.8 Å². The van der Waals surface area contributed by atoms with Gasteiger partial charge in [0.25, 0.3) is 0 Å². The van der Waals surface area contributed by atoms with Crippen LogP contribution in [0.15, 0.2) is 0 Å². The van der Waals surface area contributed by atoms with Gasteiger partial charge >= 0.3 is 0 Å². The van der Waals surface area contributed by atoms with Gasteiger partial charge in [0.05, 0.1) is 12.6 Å². The second-order valence-corrected chi connectivity index (χ2v) is 4.00.